The Bertz CT molecular complexity index is 1050. The highest BCUT2D eigenvalue weighted by Gasteiger charge is 2.14. The van der Waals surface area contributed by atoms with Gasteiger partial charge < -0.3 is 30.2 Å². The van der Waals surface area contributed by atoms with Crippen LogP contribution in [-0.4, -0.2) is 43.5 Å². The first-order valence-corrected chi connectivity index (χ1v) is 9.88. The molecule has 0 spiro atoms. The van der Waals surface area contributed by atoms with Gasteiger partial charge in [0.15, 0.2) is 0 Å². The number of hydrogen-bond donors (Lipinski definition) is 3. The summed E-state index contributed by atoms with van der Waals surface area (Å²) < 4.78 is 15.5. The van der Waals surface area contributed by atoms with Crippen molar-refractivity contribution < 1.29 is 23.8 Å². The quantitative estimate of drug-likeness (QED) is 0.489. The average molecular weight is 443 g/mol. The molecule has 0 aliphatic heterocycles. The summed E-state index contributed by atoms with van der Waals surface area (Å²) in [5, 5.41) is 16.6. The van der Waals surface area contributed by atoms with Crippen LogP contribution >= 0.6 is 11.3 Å². The molecule has 3 amide bonds. The monoisotopic (exact) mass is 443 g/mol. The van der Waals surface area contributed by atoms with Gasteiger partial charge in [0.1, 0.15) is 22.3 Å². The zero-order valence-electron chi connectivity index (χ0n) is 17.1. The third kappa shape index (κ3) is 5.82. The molecule has 0 saturated carbocycles. The normalized spacial score (nSPS) is 10.2. The Balaban J connectivity index is 1.53. The fraction of sp³-hybridized carbons (Fsp3) is 0.200. The van der Waals surface area contributed by atoms with Crippen molar-refractivity contribution in [1.82, 2.24) is 15.5 Å². The van der Waals surface area contributed by atoms with E-state index in [1.54, 1.807) is 56.7 Å². The number of benzene rings is 2. The van der Waals surface area contributed by atoms with Crippen molar-refractivity contribution in [3.63, 3.8) is 0 Å². The van der Waals surface area contributed by atoms with Gasteiger partial charge in [-0.05, 0) is 36.4 Å². The maximum atomic E-state index is 12.3. The molecule has 0 atom stereocenters. The summed E-state index contributed by atoms with van der Waals surface area (Å²) in [7, 11) is 4.61. The molecule has 2 aromatic carbocycles. The topological polar surface area (TPSA) is 124 Å². The zero-order chi connectivity index (χ0) is 22.2. The Hall–Kier alpha value is -3.86. The minimum atomic E-state index is -0.456. The fourth-order valence-electron chi connectivity index (χ4n) is 2.50. The van der Waals surface area contributed by atoms with Crippen LogP contribution in [0.5, 0.6) is 17.2 Å². The number of anilines is 2. The van der Waals surface area contributed by atoms with Gasteiger partial charge in [-0.25, -0.2) is 4.79 Å². The van der Waals surface area contributed by atoms with Crippen molar-refractivity contribution in [3.8, 4) is 17.2 Å². The Kier molecular flexibility index (Phi) is 7.22. The number of urea groups is 1. The molecule has 162 valence electrons. The number of nitrogens with one attached hydrogen (secondary N) is 3. The molecule has 0 saturated heterocycles. The molecular weight excluding hydrogens is 422 g/mol. The Labute approximate surface area is 182 Å². The molecule has 0 unspecified atom stereocenters. The molecule has 11 heteroatoms. The van der Waals surface area contributed by atoms with E-state index in [1.807, 2.05) is 0 Å². The van der Waals surface area contributed by atoms with E-state index in [2.05, 4.69) is 26.1 Å². The van der Waals surface area contributed by atoms with Crippen LogP contribution < -0.4 is 30.2 Å². The minimum absolute atomic E-state index is 0.109. The van der Waals surface area contributed by atoms with Crippen molar-refractivity contribution in [2.24, 2.45) is 0 Å². The van der Waals surface area contributed by atoms with E-state index in [0.29, 0.717) is 33.6 Å². The predicted octanol–water partition coefficient (Wildman–Crippen LogP) is 3.14. The van der Waals surface area contributed by atoms with E-state index in [-0.39, 0.29) is 17.5 Å². The van der Waals surface area contributed by atoms with Crippen LogP contribution in [0.15, 0.2) is 42.5 Å². The van der Waals surface area contributed by atoms with Gasteiger partial charge in [0, 0.05) is 11.8 Å². The van der Waals surface area contributed by atoms with E-state index < -0.39 is 6.03 Å². The third-order valence-corrected chi connectivity index (χ3v) is 4.99. The van der Waals surface area contributed by atoms with Crippen molar-refractivity contribution in [2.45, 2.75) is 6.54 Å². The predicted molar refractivity (Wildman–Crippen MR) is 116 cm³/mol. The van der Waals surface area contributed by atoms with Crippen molar-refractivity contribution in [1.29, 1.82) is 0 Å². The van der Waals surface area contributed by atoms with Crippen LogP contribution in [0.3, 0.4) is 0 Å². The minimum Gasteiger partial charge on any atom is -0.497 e. The van der Waals surface area contributed by atoms with Crippen molar-refractivity contribution in [2.75, 3.05) is 32.0 Å². The first-order chi connectivity index (χ1) is 15.0. The molecule has 0 aliphatic carbocycles. The van der Waals surface area contributed by atoms with Crippen LogP contribution in [-0.2, 0) is 6.54 Å². The van der Waals surface area contributed by atoms with Gasteiger partial charge in [0.25, 0.3) is 5.91 Å². The molecule has 10 nitrogen and oxygen atoms in total. The first kappa shape index (κ1) is 21.8. The lowest BCUT2D eigenvalue weighted by atomic mass is 10.2. The Morgan fingerprint density at radius 3 is 2.29 bits per heavy atom. The number of aromatic nitrogens is 2. The second kappa shape index (κ2) is 10.3. The summed E-state index contributed by atoms with van der Waals surface area (Å²) in [5.41, 5.74) is 1.09. The van der Waals surface area contributed by atoms with E-state index in [1.165, 1.54) is 7.11 Å². The van der Waals surface area contributed by atoms with Gasteiger partial charge in [0.05, 0.1) is 33.6 Å². The summed E-state index contributed by atoms with van der Waals surface area (Å²) in [5.74, 6) is 1.37. The van der Waals surface area contributed by atoms with Gasteiger partial charge in [-0.3, -0.25) is 4.79 Å². The summed E-state index contributed by atoms with van der Waals surface area (Å²) >= 11 is 1.09. The maximum Gasteiger partial charge on any atom is 0.319 e. The number of methoxy groups -OCH3 is 3. The highest BCUT2D eigenvalue weighted by Crippen LogP contribution is 2.28. The van der Waals surface area contributed by atoms with Gasteiger partial charge in [-0.2, -0.15) is 0 Å². The molecule has 0 radical (unpaired) electrons. The SMILES string of the molecule is COc1ccc(NC(=O)c2nnc(CNC(=O)Nc3ccc(OC)cc3OC)s2)cc1. The summed E-state index contributed by atoms with van der Waals surface area (Å²) in [4.78, 5) is 24.5. The lowest BCUT2D eigenvalue weighted by molar-refractivity contribution is 0.102. The smallest absolute Gasteiger partial charge is 0.319 e. The second-order valence-corrected chi connectivity index (χ2v) is 7.12. The molecule has 3 rings (SSSR count). The largest absolute Gasteiger partial charge is 0.497 e. The van der Waals surface area contributed by atoms with Crippen LogP contribution in [0.4, 0.5) is 16.2 Å². The molecule has 1 aromatic heterocycles. The molecular formula is C20H21N5O5S. The average Bonchev–Trinajstić information content (AvgIpc) is 3.28. The summed E-state index contributed by atoms with van der Waals surface area (Å²) in [6, 6.07) is 11.5. The number of ether oxygens (including phenoxy) is 3. The lowest BCUT2D eigenvalue weighted by Crippen LogP contribution is -2.28. The molecule has 1 heterocycles. The molecule has 31 heavy (non-hydrogen) atoms. The number of nitrogens with zero attached hydrogens (tertiary/aromatic N) is 2. The number of rotatable bonds is 8. The van der Waals surface area contributed by atoms with Crippen molar-refractivity contribution in [3.05, 3.63) is 52.5 Å². The molecule has 3 aromatic rings. The van der Waals surface area contributed by atoms with Crippen LogP contribution in [0.1, 0.15) is 14.8 Å². The number of carbonyl (C=O) groups excluding carboxylic acids is 2. The zero-order valence-corrected chi connectivity index (χ0v) is 17.9. The lowest BCUT2D eigenvalue weighted by Gasteiger charge is -2.11. The first-order valence-electron chi connectivity index (χ1n) is 9.07. The standard InChI is InChI=1S/C20H21N5O5S/c1-28-13-6-4-12(5-7-13)22-18(26)19-25-24-17(31-19)11-21-20(27)23-15-9-8-14(29-2)10-16(15)30-3/h4-10H,11H2,1-3H3,(H,22,26)(H2,21,23,27). The molecule has 0 fully saturated rings. The van der Waals surface area contributed by atoms with Gasteiger partial charge in [-0.1, -0.05) is 11.3 Å². The fourth-order valence-corrected chi connectivity index (χ4v) is 3.17. The Morgan fingerprint density at radius 1 is 0.903 bits per heavy atom. The second-order valence-electron chi connectivity index (χ2n) is 6.06. The van der Waals surface area contributed by atoms with E-state index in [9.17, 15) is 9.59 Å². The van der Waals surface area contributed by atoms with Crippen LogP contribution in [0, 0.1) is 0 Å². The van der Waals surface area contributed by atoms with E-state index in [4.69, 9.17) is 14.2 Å². The van der Waals surface area contributed by atoms with Gasteiger partial charge >= 0.3 is 6.03 Å². The highest BCUT2D eigenvalue weighted by molar-refractivity contribution is 7.13. The summed E-state index contributed by atoms with van der Waals surface area (Å²) in [6.07, 6.45) is 0. The maximum absolute atomic E-state index is 12.3. The van der Waals surface area contributed by atoms with E-state index in [0.717, 1.165) is 11.3 Å². The number of carbonyl (C=O) groups is 2. The summed E-state index contributed by atoms with van der Waals surface area (Å²) in [6.45, 7) is 0.109. The van der Waals surface area contributed by atoms with Crippen molar-refractivity contribution >= 4 is 34.6 Å². The van der Waals surface area contributed by atoms with Gasteiger partial charge in [-0.15, -0.1) is 10.2 Å². The number of amides is 3. The van der Waals surface area contributed by atoms with Crippen LogP contribution in [0.2, 0.25) is 0 Å². The van der Waals surface area contributed by atoms with E-state index >= 15 is 0 Å². The molecule has 0 aliphatic rings. The Morgan fingerprint density at radius 2 is 1.61 bits per heavy atom. The highest BCUT2D eigenvalue weighted by atomic mass is 32.1. The third-order valence-electron chi connectivity index (χ3n) is 4.07. The van der Waals surface area contributed by atoms with Gasteiger partial charge in [0.2, 0.25) is 5.01 Å². The molecule has 3 N–H and O–H groups in total. The number of hydrogen-bond acceptors (Lipinski definition) is 8. The molecule has 0 bridgehead atoms. The van der Waals surface area contributed by atoms with Crippen LogP contribution in [0.25, 0.3) is 0 Å².